The standard InChI is InChI=1S/C10H8N2OS/c13-8-4-5-11-10(14)9(8)12-6-2-1-3-7-12/h1-7H,(H-,11,13,14). The molecule has 0 saturated carbocycles. The molecule has 2 aromatic heterocycles. The molecule has 0 spiro atoms. The lowest BCUT2D eigenvalue weighted by molar-refractivity contribution is -0.599. The molecule has 0 aliphatic carbocycles. The Labute approximate surface area is 86.5 Å². The van der Waals surface area contributed by atoms with Crippen LogP contribution >= 0.6 is 0 Å². The van der Waals surface area contributed by atoms with Gasteiger partial charge in [-0.25, -0.2) is 0 Å². The van der Waals surface area contributed by atoms with Crippen molar-refractivity contribution in [2.24, 2.45) is 0 Å². The number of aromatic nitrogens is 2. The molecule has 0 aromatic carbocycles. The molecular formula is C10H8N2OS. The number of nitrogens with one attached hydrogen (secondary N) is 1. The minimum atomic E-state index is -0.0787. The maximum Gasteiger partial charge on any atom is 0.254 e. The average molecular weight is 204 g/mol. The minimum absolute atomic E-state index is 0.0787. The normalized spacial score (nSPS) is 10.0. The van der Waals surface area contributed by atoms with E-state index in [1.807, 2.05) is 18.2 Å². The summed E-state index contributed by atoms with van der Waals surface area (Å²) in [5.41, 5.74) is 0.410. The van der Waals surface area contributed by atoms with Crippen LogP contribution in [0.5, 0.6) is 0 Å². The zero-order chi connectivity index (χ0) is 9.97. The molecule has 2 rings (SSSR count). The predicted octanol–water partition coefficient (Wildman–Crippen LogP) is 0.557. The number of hydrogen-bond acceptors (Lipinski definition) is 2. The highest BCUT2D eigenvalue weighted by Crippen LogP contribution is 1.96. The summed E-state index contributed by atoms with van der Waals surface area (Å²) in [6, 6.07) is 7.05. The molecule has 0 atom stereocenters. The molecule has 0 amide bonds. The van der Waals surface area contributed by atoms with Crippen LogP contribution in [0.1, 0.15) is 0 Å². The number of hydrogen-bond donors (Lipinski definition) is 1. The van der Waals surface area contributed by atoms with Gasteiger partial charge < -0.3 is 17.6 Å². The van der Waals surface area contributed by atoms with Gasteiger partial charge in [0, 0.05) is 24.4 Å². The first-order valence-corrected chi connectivity index (χ1v) is 4.55. The van der Waals surface area contributed by atoms with E-state index in [2.05, 4.69) is 4.98 Å². The third-order valence-corrected chi connectivity index (χ3v) is 2.18. The van der Waals surface area contributed by atoms with Gasteiger partial charge in [-0.3, -0.25) is 4.79 Å². The Hall–Kier alpha value is -1.68. The fraction of sp³-hybridized carbons (Fsp3) is 0. The summed E-state index contributed by atoms with van der Waals surface area (Å²) in [6.07, 6.45) is 5.14. The van der Waals surface area contributed by atoms with Gasteiger partial charge in [0.05, 0.1) is 0 Å². The van der Waals surface area contributed by atoms with Crippen LogP contribution in [-0.4, -0.2) is 4.98 Å². The van der Waals surface area contributed by atoms with E-state index >= 15 is 0 Å². The zero-order valence-electron chi connectivity index (χ0n) is 7.31. The lowest BCUT2D eigenvalue weighted by atomic mass is 10.4. The van der Waals surface area contributed by atoms with Gasteiger partial charge in [0.1, 0.15) is 0 Å². The SMILES string of the molecule is O=c1cc[nH]c([S-])c1-[n+]1ccccc1. The van der Waals surface area contributed by atoms with Gasteiger partial charge in [-0.15, -0.1) is 0 Å². The fourth-order valence-electron chi connectivity index (χ4n) is 1.24. The largest absolute Gasteiger partial charge is 0.756 e. The third kappa shape index (κ3) is 1.52. The Balaban J connectivity index is 2.69. The quantitative estimate of drug-likeness (QED) is 0.544. The molecule has 0 aliphatic heterocycles. The Kier molecular flexibility index (Phi) is 2.28. The topological polar surface area (TPSA) is 36.7 Å². The second kappa shape index (κ2) is 3.59. The monoisotopic (exact) mass is 204 g/mol. The van der Waals surface area contributed by atoms with Crippen LogP contribution in [0.3, 0.4) is 0 Å². The third-order valence-electron chi connectivity index (χ3n) is 1.87. The maximum absolute atomic E-state index is 11.5. The molecular weight excluding hydrogens is 196 g/mol. The van der Waals surface area contributed by atoms with Crippen LogP contribution in [-0.2, 0) is 12.6 Å². The summed E-state index contributed by atoms with van der Waals surface area (Å²) in [5.74, 6) is 0. The van der Waals surface area contributed by atoms with Gasteiger partial charge in [-0.05, 0) is 5.03 Å². The van der Waals surface area contributed by atoms with Crippen LogP contribution in [0.4, 0.5) is 0 Å². The van der Waals surface area contributed by atoms with E-state index < -0.39 is 0 Å². The molecule has 0 radical (unpaired) electrons. The van der Waals surface area contributed by atoms with Crippen molar-refractivity contribution in [2.45, 2.75) is 5.03 Å². The molecule has 70 valence electrons. The second-order valence-corrected chi connectivity index (χ2v) is 3.21. The summed E-state index contributed by atoms with van der Waals surface area (Å²) < 4.78 is 1.71. The van der Waals surface area contributed by atoms with Crippen molar-refractivity contribution < 1.29 is 4.57 Å². The van der Waals surface area contributed by atoms with Crippen molar-refractivity contribution in [1.82, 2.24) is 4.98 Å². The molecule has 0 saturated heterocycles. The molecule has 3 nitrogen and oxygen atoms in total. The number of pyridine rings is 2. The number of nitrogens with zero attached hydrogens (tertiary/aromatic N) is 1. The molecule has 4 heteroatoms. The van der Waals surface area contributed by atoms with E-state index in [1.54, 1.807) is 23.2 Å². The summed E-state index contributed by atoms with van der Waals surface area (Å²) in [6.45, 7) is 0. The molecule has 14 heavy (non-hydrogen) atoms. The Morgan fingerprint density at radius 2 is 1.93 bits per heavy atom. The molecule has 2 heterocycles. The van der Waals surface area contributed by atoms with Crippen LogP contribution in [0.2, 0.25) is 0 Å². The lowest BCUT2D eigenvalue weighted by Gasteiger charge is -2.06. The number of rotatable bonds is 1. The second-order valence-electron chi connectivity index (χ2n) is 2.80. The molecule has 1 N–H and O–H groups in total. The molecule has 0 bridgehead atoms. The van der Waals surface area contributed by atoms with Crippen LogP contribution in [0.15, 0.2) is 52.7 Å². The molecule has 0 unspecified atom stereocenters. The summed E-state index contributed by atoms with van der Waals surface area (Å²) in [7, 11) is 0. The first-order chi connectivity index (χ1) is 6.79. The van der Waals surface area contributed by atoms with Crippen LogP contribution < -0.4 is 10.00 Å². The summed E-state index contributed by atoms with van der Waals surface area (Å²) in [4.78, 5) is 14.4. The van der Waals surface area contributed by atoms with E-state index in [0.29, 0.717) is 10.7 Å². The Morgan fingerprint density at radius 1 is 1.21 bits per heavy atom. The Morgan fingerprint density at radius 3 is 2.57 bits per heavy atom. The van der Waals surface area contributed by atoms with Gasteiger partial charge in [-0.2, -0.15) is 4.57 Å². The maximum atomic E-state index is 11.5. The Bertz CT molecular complexity index is 493. The number of aromatic amines is 1. The van der Waals surface area contributed by atoms with Crippen molar-refractivity contribution in [3.8, 4) is 5.69 Å². The zero-order valence-corrected chi connectivity index (χ0v) is 8.12. The van der Waals surface area contributed by atoms with Crippen molar-refractivity contribution in [3.05, 3.63) is 53.1 Å². The summed E-state index contributed by atoms with van der Waals surface area (Å²) in [5, 5.41) is 0.453. The molecule has 0 fully saturated rings. The number of H-pyrrole nitrogens is 1. The highest BCUT2D eigenvalue weighted by molar-refractivity contribution is 7.58. The highest BCUT2D eigenvalue weighted by Gasteiger charge is 2.08. The van der Waals surface area contributed by atoms with E-state index in [1.165, 1.54) is 6.07 Å². The van der Waals surface area contributed by atoms with Gasteiger partial charge in [0.15, 0.2) is 12.4 Å². The minimum Gasteiger partial charge on any atom is -0.756 e. The van der Waals surface area contributed by atoms with Crippen LogP contribution in [0.25, 0.3) is 5.69 Å². The van der Waals surface area contributed by atoms with Crippen molar-refractivity contribution in [1.29, 1.82) is 0 Å². The van der Waals surface area contributed by atoms with Gasteiger partial charge >= 0.3 is 0 Å². The lowest BCUT2D eigenvalue weighted by Crippen LogP contribution is -2.36. The van der Waals surface area contributed by atoms with E-state index in [4.69, 9.17) is 12.6 Å². The molecule has 0 aliphatic rings. The van der Waals surface area contributed by atoms with Crippen molar-refractivity contribution >= 4 is 12.6 Å². The first-order valence-electron chi connectivity index (χ1n) is 4.14. The fourth-order valence-corrected chi connectivity index (χ4v) is 1.52. The molecule has 2 aromatic rings. The van der Waals surface area contributed by atoms with E-state index in [9.17, 15) is 4.79 Å². The van der Waals surface area contributed by atoms with Gasteiger partial charge in [-0.1, -0.05) is 6.07 Å². The van der Waals surface area contributed by atoms with Gasteiger partial charge in [0.25, 0.3) is 11.1 Å². The smallest absolute Gasteiger partial charge is 0.254 e. The van der Waals surface area contributed by atoms with Crippen LogP contribution in [0, 0.1) is 0 Å². The predicted molar refractivity (Wildman–Crippen MR) is 54.2 cm³/mol. The van der Waals surface area contributed by atoms with Crippen molar-refractivity contribution in [2.75, 3.05) is 0 Å². The average Bonchev–Trinajstić information content (AvgIpc) is 2.19. The van der Waals surface area contributed by atoms with Gasteiger partial charge in [0.2, 0.25) is 0 Å². The van der Waals surface area contributed by atoms with E-state index in [0.717, 1.165) is 0 Å². The van der Waals surface area contributed by atoms with Crippen molar-refractivity contribution in [3.63, 3.8) is 0 Å². The van der Waals surface area contributed by atoms with E-state index in [-0.39, 0.29) is 5.43 Å². The summed E-state index contributed by atoms with van der Waals surface area (Å²) >= 11 is 5.05. The first kappa shape index (κ1) is 8.90. The highest BCUT2D eigenvalue weighted by atomic mass is 32.1.